The quantitative estimate of drug-likeness (QED) is 0.506. The van der Waals surface area contributed by atoms with E-state index in [-0.39, 0.29) is 27.2 Å². The molecular weight excluding hydrogens is 378 g/mol. The van der Waals surface area contributed by atoms with E-state index in [9.17, 15) is 18.0 Å². The standard InChI is InChI=1S/C13H14ClN3O5S2/c1-7(18)15-10(6-23)13(19)22-5-12-16-9-3-2-8(14)4-11(9)24(20,21)17-12/h2-4,10,23H,5-6H2,1H3,(H,15,18)(H,16,17)/t10-/m0/s1. The molecule has 24 heavy (non-hydrogen) atoms. The number of halogens is 1. The zero-order valence-corrected chi connectivity index (χ0v) is 14.9. The van der Waals surface area contributed by atoms with Crippen LogP contribution in [0.5, 0.6) is 0 Å². The summed E-state index contributed by atoms with van der Waals surface area (Å²) >= 11 is 9.74. The Morgan fingerprint density at radius 1 is 1.46 bits per heavy atom. The van der Waals surface area contributed by atoms with E-state index >= 15 is 0 Å². The van der Waals surface area contributed by atoms with Crippen molar-refractivity contribution in [3.05, 3.63) is 23.2 Å². The van der Waals surface area contributed by atoms with Crippen LogP contribution < -0.4 is 10.6 Å². The second kappa shape index (κ2) is 7.41. The molecule has 0 aromatic heterocycles. The van der Waals surface area contributed by atoms with Crippen molar-refractivity contribution in [1.29, 1.82) is 0 Å². The van der Waals surface area contributed by atoms with Crippen LogP contribution in [0.3, 0.4) is 0 Å². The van der Waals surface area contributed by atoms with Crippen LogP contribution >= 0.6 is 24.2 Å². The van der Waals surface area contributed by atoms with Crippen LogP contribution in [0, 0.1) is 0 Å². The maximum absolute atomic E-state index is 12.1. The zero-order chi connectivity index (χ0) is 17.9. The molecule has 2 rings (SSSR count). The number of carbonyl (C=O) groups excluding carboxylic acids is 2. The van der Waals surface area contributed by atoms with Crippen molar-refractivity contribution in [2.24, 2.45) is 4.40 Å². The van der Waals surface area contributed by atoms with Crippen molar-refractivity contribution in [3.63, 3.8) is 0 Å². The molecule has 1 atom stereocenters. The fraction of sp³-hybridized carbons (Fsp3) is 0.308. The number of nitrogens with one attached hydrogen (secondary N) is 2. The summed E-state index contributed by atoms with van der Waals surface area (Å²) in [5.74, 6) is -1.17. The average Bonchev–Trinajstić information content (AvgIpc) is 2.50. The van der Waals surface area contributed by atoms with E-state index in [2.05, 4.69) is 27.7 Å². The lowest BCUT2D eigenvalue weighted by atomic mass is 10.3. The molecule has 0 bridgehead atoms. The molecule has 2 N–H and O–H groups in total. The third kappa shape index (κ3) is 4.40. The van der Waals surface area contributed by atoms with Crippen molar-refractivity contribution < 1.29 is 22.7 Å². The molecule has 1 aromatic carbocycles. The van der Waals surface area contributed by atoms with Crippen LogP contribution in [0.25, 0.3) is 0 Å². The van der Waals surface area contributed by atoms with Gasteiger partial charge in [0.05, 0.1) is 5.69 Å². The highest BCUT2D eigenvalue weighted by atomic mass is 35.5. The summed E-state index contributed by atoms with van der Waals surface area (Å²) in [5.41, 5.74) is 0.285. The van der Waals surface area contributed by atoms with Gasteiger partial charge in [-0.05, 0) is 18.2 Å². The monoisotopic (exact) mass is 391 g/mol. The lowest BCUT2D eigenvalue weighted by Gasteiger charge is -2.19. The van der Waals surface area contributed by atoms with Gasteiger partial charge in [0.15, 0.2) is 5.84 Å². The van der Waals surface area contributed by atoms with Crippen LogP contribution in [-0.4, -0.2) is 44.5 Å². The fourth-order valence-electron chi connectivity index (χ4n) is 1.91. The molecule has 1 amide bonds. The van der Waals surface area contributed by atoms with Gasteiger partial charge in [-0.3, -0.25) is 4.79 Å². The number of ether oxygens (including phenoxy) is 1. The first-order chi connectivity index (χ1) is 11.2. The van der Waals surface area contributed by atoms with Gasteiger partial charge in [-0.2, -0.15) is 21.0 Å². The van der Waals surface area contributed by atoms with Crippen molar-refractivity contribution in [2.75, 3.05) is 17.7 Å². The van der Waals surface area contributed by atoms with Gasteiger partial charge in [-0.25, -0.2) is 4.79 Å². The van der Waals surface area contributed by atoms with Crippen molar-refractivity contribution >= 4 is 57.7 Å². The van der Waals surface area contributed by atoms with E-state index in [4.69, 9.17) is 16.3 Å². The van der Waals surface area contributed by atoms with Crippen LogP contribution in [0.2, 0.25) is 5.02 Å². The van der Waals surface area contributed by atoms with Crippen LogP contribution in [-0.2, 0) is 24.3 Å². The lowest BCUT2D eigenvalue weighted by molar-refractivity contribution is -0.145. The zero-order valence-electron chi connectivity index (χ0n) is 12.4. The summed E-state index contributed by atoms with van der Waals surface area (Å²) in [6, 6.07) is 3.35. The Hall–Kier alpha value is -1.78. The number of carbonyl (C=O) groups is 2. The molecule has 1 aliphatic heterocycles. The number of hydrogen-bond acceptors (Lipinski definition) is 7. The molecule has 0 aliphatic carbocycles. The number of hydrogen-bond donors (Lipinski definition) is 3. The average molecular weight is 392 g/mol. The number of sulfonamides is 1. The molecule has 1 aliphatic rings. The van der Waals surface area contributed by atoms with Crippen LogP contribution in [0.1, 0.15) is 6.92 Å². The number of benzene rings is 1. The Morgan fingerprint density at radius 2 is 2.17 bits per heavy atom. The van der Waals surface area contributed by atoms with Gasteiger partial charge < -0.3 is 15.4 Å². The SMILES string of the molecule is CC(=O)N[C@@H](CS)C(=O)OCC1=NS(=O)(=O)c2cc(Cl)ccc2N1. The number of amides is 1. The maximum Gasteiger partial charge on any atom is 0.329 e. The Balaban J connectivity index is 2.10. The van der Waals surface area contributed by atoms with E-state index in [0.29, 0.717) is 0 Å². The minimum absolute atomic E-state index is 0.0396. The second-order valence-electron chi connectivity index (χ2n) is 4.82. The minimum atomic E-state index is -3.94. The highest BCUT2D eigenvalue weighted by molar-refractivity contribution is 7.90. The number of nitrogens with zero attached hydrogens (tertiary/aromatic N) is 1. The first kappa shape index (κ1) is 18.6. The van der Waals surface area contributed by atoms with Crippen molar-refractivity contribution in [1.82, 2.24) is 5.32 Å². The first-order valence-corrected chi connectivity index (χ1v) is 9.13. The van der Waals surface area contributed by atoms with Crippen molar-refractivity contribution in [3.8, 4) is 0 Å². The molecule has 0 fully saturated rings. The van der Waals surface area contributed by atoms with Crippen LogP contribution in [0.4, 0.5) is 5.69 Å². The summed E-state index contributed by atoms with van der Waals surface area (Å²) in [7, 11) is -3.94. The molecule has 0 saturated heterocycles. The second-order valence-corrected chi connectivity index (χ2v) is 7.20. The number of fused-ring (bicyclic) bond motifs is 1. The van der Waals surface area contributed by atoms with Crippen molar-refractivity contribution in [2.45, 2.75) is 17.9 Å². The molecule has 1 heterocycles. The predicted octanol–water partition coefficient (Wildman–Crippen LogP) is 0.830. The molecule has 11 heteroatoms. The fourth-order valence-corrected chi connectivity index (χ4v) is 3.55. The lowest BCUT2D eigenvalue weighted by Crippen LogP contribution is -2.43. The molecule has 130 valence electrons. The van der Waals surface area contributed by atoms with Gasteiger partial charge in [0.25, 0.3) is 10.0 Å². The predicted molar refractivity (Wildman–Crippen MR) is 92.1 cm³/mol. The van der Waals surface area contributed by atoms with E-state index < -0.39 is 34.5 Å². The van der Waals surface area contributed by atoms with E-state index in [1.165, 1.54) is 25.1 Å². The van der Waals surface area contributed by atoms with E-state index in [1.54, 1.807) is 0 Å². The van der Waals surface area contributed by atoms with Gasteiger partial charge in [-0.1, -0.05) is 11.6 Å². The van der Waals surface area contributed by atoms with Gasteiger partial charge in [0.1, 0.15) is 17.5 Å². The summed E-state index contributed by atoms with van der Waals surface area (Å²) in [4.78, 5) is 22.8. The summed E-state index contributed by atoms with van der Waals surface area (Å²) in [6.07, 6.45) is 0. The topological polar surface area (TPSA) is 114 Å². The molecule has 1 aromatic rings. The number of amidine groups is 1. The molecular formula is C13H14ClN3O5S2. The molecule has 0 radical (unpaired) electrons. The Labute approximate surface area is 149 Å². The normalized spacial score (nSPS) is 16.2. The minimum Gasteiger partial charge on any atom is -0.456 e. The third-order valence-electron chi connectivity index (χ3n) is 2.93. The molecule has 0 unspecified atom stereocenters. The number of esters is 1. The van der Waals surface area contributed by atoms with Gasteiger partial charge in [-0.15, -0.1) is 4.40 Å². The smallest absolute Gasteiger partial charge is 0.329 e. The molecule has 0 spiro atoms. The Bertz CT molecular complexity index is 810. The Kier molecular flexibility index (Phi) is 5.73. The first-order valence-electron chi connectivity index (χ1n) is 6.68. The molecule has 8 nitrogen and oxygen atoms in total. The summed E-state index contributed by atoms with van der Waals surface area (Å²) in [5, 5.41) is 5.39. The van der Waals surface area contributed by atoms with Gasteiger partial charge >= 0.3 is 5.97 Å². The third-order valence-corrected chi connectivity index (χ3v) is 4.88. The molecule has 0 saturated carbocycles. The van der Waals surface area contributed by atoms with E-state index in [0.717, 1.165) is 0 Å². The number of anilines is 1. The van der Waals surface area contributed by atoms with E-state index in [1.807, 2.05) is 0 Å². The van der Waals surface area contributed by atoms with Gasteiger partial charge in [0, 0.05) is 17.7 Å². The van der Waals surface area contributed by atoms with Gasteiger partial charge in [0.2, 0.25) is 5.91 Å². The maximum atomic E-state index is 12.1. The largest absolute Gasteiger partial charge is 0.456 e. The summed E-state index contributed by atoms with van der Waals surface area (Å²) in [6.45, 7) is 0.856. The Morgan fingerprint density at radius 3 is 2.79 bits per heavy atom. The highest BCUT2D eigenvalue weighted by Crippen LogP contribution is 2.29. The number of rotatable bonds is 5. The van der Waals surface area contributed by atoms with Crippen LogP contribution in [0.15, 0.2) is 27.5 Å². The number of thiol groups is 1. The summed E-state index contributed by atoms with van der Waals surface area (Å²) < 4.78 is 32.8. The highest BCUT2D eigenvalue weighted by Gasteiger charge is 2.26.